The van der Waals surface area contributed by atoms with Gasteiger partial charge in [-0.15, -0.1) is 0 Å². The van der Waals surface area contributed by atoms with E-state index in [1.54, 1.807) is 0 Å². The summed E-state index contributed by atoms with van der Waals surface area (Å²) in [5, 5.41) is 9.69. The van der Waals surface area contributed by atoms with Crippen LogP contribution in [0, 0.1) is 0 Å². The van der Waals surface area contributed by atoms with Crippen molar-refractivity contribution in [2.45, 2.75) is 18.8 Å². The van der Waals surface area contributed by atoms with Crippen molar-refractivity contribution < 1.29 is 16.0 Å². The molecule has 0 spiro atoms. The van der Waals surface area contributed by atoms with Crippen molar-refractivity contribution in [1.82, 2.24) is 0 Å². The lowest BCUT2D eigenvalue weighted by Crippen LogP contribution is -2.33. The average Bonchev–Trinajstić information content (AvgIpc) is 2.28. The van der Waals surface area contributed by atoms with Crippen LogP contribution >= 0.6 is 0 Å². The van der Waals surface area contributed by atoms with Gasteiger partial charge in [0.2, 0.25) is 0 Å². The first-order valence-electron chi connectivity index (χ1n) is 5.36. The van der Waals surface area contributed by atoms with Crippen LogP contribution in [0.25, 0.3) is 0 Å². The van der Waals surface area contributed by atoms with E-state index in [0.717, 1.165) is 5.56 Å². The number of hydrogen-bond acceptors (Lipinski definition) is 3. The summed E-state index contributed by atoms with van der Waals surface area (Å²) in [6, 6.07) is 9.63. The van der Waals surface area contributed by atoms with E-state index < -0.39 is 12.2 Å². The van der Waals surface area contributed by atoms with E-state index in [1.807, 2.05) is 30.3 Å². The predicted octanol–water partition coefficient (Wildman–Crippen LogP) is 1.48. The van der Waals surface area contributed by atoms with Crippen LogP contribution in [0.15, 0.2) is 42.7 Å². The maximum atomic E-state index is 9.69. The molecule has 0 saturated heterocycles. The molecule has 0 unspecified atom stereocenters. The van der Waals surface area contributed by atoms with Crippen LogP contribution in [-0.4, -0.2) is 23.9 Å². The van der Waals surface area contributed by atoms with Gasteiger partial charge in [-0.2, -0.15) is 0 Å². The van der Waals surface area contributed by atoms with Crippen LogP contribution < -0.4 is 0 Å². The SMILES string of the molecule is [2H][C@@]1(O)C=COC[C@@H]1OCc1ccccc1. The third-order valence-electron chi connectivity index (χ3n) is 2.21. The normalized spacial score (nSPS) is 30.7. The van der Waals surface area contributed by atoms with E-state index >= 15 is 0 Å². The number of benzene rings is 1. The lowest BCUT2D eigenvalue weighted by Gasteiger charge is -2.23. The molecule has 2 atom stereocenters. The fraction of sp³-hybridized carbons (Fsp3) is 0.333. The molecule has 0 amide bonds. The monoisotopic (exact) mass is 207 g/mol. The fourth-order valence-corrected chi connectivity index (χ4v) is 1.36. The summed E-state index contributed by atoms with van der Waals surface area (Å²) in [5.41, 5.74) is 1.01. The van der Waals surface area contributed by atoms with Crippen molar-refractivity contribution in [3.05, 3.63) is 48.2 Å². The Balaban J connectivity index is 1.93. The molecule has 80 valence electrons. The Morgan fingerprint density at radius 2 is 2.27 bits per heavy atom. The second kappa shape index (κ2) is 4.96. The van der Waals surface area contributed by atoms with Crippen LogP contribution in [0.5, 0.6) is 0 Å². The topological polar surface area (TPSA) is 38.7 Å². The summed E-state index contributed by atoms with van der Waals surface area (Å²) in [7, 11) is 0. The molecule has 2 rings (SSSR count). The molecule has 3 heteroatoms. The molecule has 0 fully saturated rings. The molecule has 0 aliphatic carbocycles. The highest BCUT2D eigenvalue weighted by Gasteiger charge is 2.20. The van der Waals surface area contributed by atoms with E-state index in [2.05, 4.69) is 0 Å². The smallest absolute Gasteiger partial charge is 0.121 e. The van der Waals surface area contributed by atoms with Crippen molar-refractivity contribution in [1.29, 1.82) is 0 Å². The van der Waals surface area contributed by atoms with Gasteiger partial charge in [0.1, 0.15) is 18.8 Å². The van der Waals surface area contributed by atoms with E-state index in [-0.39, 0.29) is 6.61 Å². The van der Waals surface area contributed by atoms with Crippen molar-refractivity contribution in [2.24, 2.45) is 0 Å². The molecular formula is C12H14O3. The molecule has 3 nitrogen and oxygen atoms in total. The standard InChI is InChI=1S/C12H14O3/c13-11-6-7-14-9-12(11)15-8-10-4-2-1-3-5-10/h1-7,11-13H,8-9H2/t11-,12+/m1/s1/i11D. The number of rotatable bonds is 3. The van der Waals surface area contributed by atoms with Crippen LogP contribution in [-0.2, 0) is 16.1 Å². The first kappa shape index (κ1) is 8.95. The Morgan fingerprint density at radius 1 is 1.47 bits per heavy atom. The lowest BCUT2D eigenvalue weighted by molar-refractivity contribution is -0.0674. The summed E-state index contributed by atoms with van der Waals surface area (Å²) in [4.78, 5) is 0. The van der Waals surface area contributed by atoms with E-state index in [1.165, 1.54) is 12.3 Å². The van der Waals surface area contributed by atoms with Gasteiger partial charge < -0.3 is 14.6 Å². The molecule has 1 N–H and O–H groups in total. The molecule has 1 aliphatic rings. The Bertz CT molecular complexity index is 362. The molecule has 1 aromatic rings. The zero-order valence-corrected chi connectivity index (χ0v) is 8.30. The minimum Gasteiger partial charge on any atom is -0.499 e. The van der Waals surface area contributed by atoms with Crippen LogP contribution in [0.3, 0.4) is 0 Å². The summed E-state index contributed by atoms with van der Waals surface area (Å²) >= 11 is 0. The zero-order chi connectivity index (χ0) is 11.4. The molecule has 0 bridgehead atoms. The number of ether oxygens (including phenoxy) is 2. The van der Waals surface area contributed by atoms with Gasteiger partial charge in [-0.3, -0.25) is 0 Å². The second-order valence-electron chi connectivity index (χ2n) is 3.35. The summed E-state index contributed by atoms with van der Waals surface area (Å²) in [6.07, 6.45) is 0.256. The molecule has 0 saturated carbocycles. The highest BCUT2D eigenvalue weighted by molar-refractivity contribution is 5.13. The van der Waals surface area contributed by atoms with Crippen molar-refractivity contribution in [3.8, 4) is 0 Å². The van der Waals surface area contributed by atoms with Gasteiger partial charge in [-0.1, -0.05) is 30.3 Å². The maximum absolute atomic E-state index is 9.69. The van der Waals surface area contributed by atoms with E-state index in [4.69, 9.17) is 10.8 Å². The summed E-state index contributed by atoms with van der Waals surface area (Å²) in [6.45, 7) is 0.563. The molecule has 0 aromatic heterocycles. The summed E-state index contributed by atoms with van der Waals surface area (Å²) < 4.78 is 18.1. The van der Waals surface area contributed by atoms with Gasteiger partial charge in [0, 0.05) is 0 Å². The Morgan fingerprint density at radius 3 is 3.00 bits per heavy atom. The second-order valence-corrected chi connectivity index (χ2v) is 3.35. The molecule has 1 aliphatic heterocycles. The number of hydrogen-bond donors (Lipinski definition) is 1. The highest BCUT2D eigenvalue weighted by atomic mass is 16.5. The van der Waals surface area contributed by atoms with E-state index in [0.29, 0.717) is 6.61 Å². The molecule has 15 heavy (non-hydrogen) atoms. The van der Waals surface area contributed by atoms with E-state index in [9.17, 15) is 5.11 Å². The molecule has 1 heterocycles. The first-order valence-corrected chi connectivity index (χ1v) is 4.86. The third kappa shape index (κ3) is 2.81. The van der Waals surface area contributed by atoms with Crippen molar-refractivity contribution >= 4 is 0 Å². The molecular weight excluding hydrogens is 192 g/mol. The van der Waals surface area contributed by atoms with Gasteiger partial charge >= 0.3 is 0 Å². The third-order valence-corrected chi connectivity index (χ3v) is 2.21. The number of aliphatic hydroxyl groups is 1. The van der Waals surface area contributed by atoms with Gasteiger partial charge in [-0.25, -0.2) is 0 Å². The minimum atomic E-state index is -1.70. The molecule has 0 radical (unpaired) electrons. The lowest BCUT2D eigenvalue weighted by atomic mass is 10.2. The summed E-state index contributed by atoms with van der Waals surface area (Å²) in [5.74, 6) is 0. The Hall–Kier alpha value is -1.32. The highest BCUT2D eigenvalue weighted by Crippen LogP contribution is 2.11. The fourth-order valence-electron chi connectivity index (χ4n) is 1.36. The quantitative estimate of drug-likeness (QED) is 0.815. The van der Waals surface area contributed by atoms with Gasteiger partial charge in [-0.05, 0) is 11.6 Å². The first-order chi connectivity index (χ1) is 7.68. The Kier molecular flexibility index (Phi) is 2.96. The minimum absolute atomic E-state index is 0.198. The van der Waals surface area contributed by atoms with Crippen LogP contribution in [0.2, 0.25) is 0 Å². The maximum Gasteiger partial charge on any atom is 0.121 e. The van der Waals surface area contributed by atoms with Gasteiger partial charge in [0.05, 0.1) is 14.2 Å². The van der Waals surface area contributed by atoms with Crippen molar-refractivity contribution in [2.75, 3.05) is 6.61 Å². The van der Waals surface area contributed by atoms with Crippen LogP contribution in [0.4, 0.5) is 0 Å². The largest absolute Gasteiger partial charge is 0.499 e. The van der Waals surface area contributed by atoms with Gasteiger partial charge in [0.25, 0.3) is 0 Å². The van der Waals surface area contributed by atoms with Gasteiger partial charge in [0.15, 0.2) is 0 Å². The zero-order valence-electron chi connectivity index (χ0n) is 9.30. The van der Waals surface area contributed by atoms with Crippen molar-refractivity contribution in [3.63, 3.8) is 0 Å². The Labute approximate surface area is 90.4 Å². The average molecular weight is 207 g/mol. The predicted molar refractivity (Wildman–Crippen MR) is 56.1 cm³/mol. The molecule has 1 aromatic carbocycles. The van der Waals surface area contributed by atoms with Crippen LogP contribution in [0.1, 0.15) is 6.93 Å².